The molecule has 0 bridgehead atoms. The highest BCUT2D eigenvalue weighted by atomic mass is 16.5. The van der Waals surface area contributed by atoms with Crippen LogP contribution in [0.4, 0.5) is 0 Å². The lowest BCUT2D eigenvalue weighted by Gasteiger charge is -2.07. The van der Waals surface area contributed by atoms with Crippen molar-refractivity contribution in [2.24, 2.45) is 0 Å². The molecule has 0 aliphatic carbocycles. The maximum Gasteiger partial charge on any atom is 0.158 e. The van der Waals surface area contributed by atoms with E-state index >= 15 is 0 Å². The number of ketones is 2. The van der Waals surface area contributed by atoms with E-state index in [9.17, 15) is 9.59 Å². The monoisotopic (exact) mass is 156 g/mol. The minimum absolute atomic E-state index is 0.0220. The maximum atomic E-state index is 10.8. The molecule has 0 aromatic heterocycles. The molecule has 0 aromatic rings. The molecule has 0 radical (unpaired) electrons. The summed E-state index contributed by atoms with van der Waals surface area (Å²) >= 11 is 0. The molecular weight excluding hydrogens is 144 g/mol. The standard InChI is InChI=1S/C8H12O3/c1-5(9)7-3-4-8(11-7)6(2)10/h7-8H,3-4H2,1-2H3. The Bertz CT molecular complexity index is 166. The number of rotatable bonds is 2. The van der Waals surface area contributed by atoms with Crippen molar-refractivity contribution in [3.63, 3.8) is 0 Å². The average Bonchev–Trinajstić information content (AvgIpc) is 2.33. The Labute approximate surface area is 65.7 Å². The van der Waals surface area contributed by atoms with Gasteiger partial charge < -0.3 is 4.74 Å². The third kappa shape index (κ3) is 1.87. The quantitative estimate of drug-likeness (QED) is 0.591. The molecule has 1 rings (SSSR count). The molecule has 2 unspecified atom stereocenters. The Kier molecular flexibility index (Phi) is 2.39. The summed E-state index contributed by atoms with van der Waals surface area (Å²) in [6.45, 7) is 2.99. The molecule has 3 heteroatoms. The van der Waals surface area contributed by atoms with E-state index in [-0.39, 0.29) is 23.8 Å². The first-order chi connectivity index (χ1) is 5.11. The summed E-state index contributed by atoms with van der Waals surface area (Å²) in [5, 5.41) is 0. The number of ether oxygens (including phenoxy) is 1. The molecule has 62 valence electrons. The maximum absolute atomic E-state index is 10.8. The molecule has 0 amide bonds. The number of hydrogen-bond acceptors (Lipinski definition) is 3. The van der Waals surface area contributed by atoms with Crippen LogP contribution in [0.1, 0.15) is 26.7 Å². The van der Waals surface area contributed by atoms with E-state index in [1.165, 1.54) is 13.8 Å². The molecule has 3 nitrogen and oxygen atoms in total. The van der Waals surface area contributed by atoms with E-state index < -0.39 is 0 Å². The van der Waals surface area contributed by atoms with Crippen molar-refractivity contribution in [3.8, 4) is 0 Å². The molecule has 0 spiro atoms. The molecule has 0 saturated carbocycles. The van der Waals surface area contributed by atoms with Crippen LogP contribution in [-0.2, 0) is 14.3 Å². The molecule has 1 saturated heterocycles. The lowest BCUT2D eigenvalue weighted by Crippen LogP contribution is -2.22. The fraction of sp³-hybridized carbons (Fsp3) is 0.750. The lowest BCUT2D eigenvalue weighted by atomic mass is 10.1. The van der Waals surface area contributed by atoms with Gasteiger partial charge >= 0.3 is 0 Å². The zero-order valence-electron chi connectivity index (χ0n) is 6.79. The summed E-state index contributed by atoms with van der Waals surface area (Å²) in [5.41, 5.74) is 0. The molecule has 1 aliphatic rings. The highest BCUT2D eigenvalue weighted by Crippen LogP contribution is 2.20. The van der Waals surface area contributed by atoms with Gasteiger partial charge in [0.05, 0.1) is 0 Å². The van der Waals surface area contributed by atoms with Crippen LogP contribution in [-0.4, -0.2) is 23.8 Å². The summed E-state index contributed by atoms with van der Waals surface area (Å²) in [4.78, 5) is 21.6. The lowest BCUT2D eigenvalue weighted by molar-refractivity contribution is -0.134. The van der Waals surface area contributed by atoms with E-state index in [0.29, 0.717) is 12.8 Å². The summed E-state index contributed by atoms with van der Waals surface area (Å²) in [6, 6.07) is 0. The number of carbonyl (C=O) groups is 2. The minimum atomic E-state index is -0.330. The zero-order chi connectivity index (χ0) is 8.43. The smallest absolute Gasteiger partial charge is 0.158 e. The van der Waals surface area contributed by atoms with Gasteiger partial charge in [-0.25, -0.2) is 0 Å². The Hall–Kier alpha value is -0.700. The minimum Gasteiger partial charge on any atom is -0.359 e. The molecular formula is C8H12O3. The van der Waals surface area contributed by atoms with E-state index in [1.54, 1.807) is 0 Å². The van der Waals surface area contributed by atoms with Crippen LogP contribution in [0.15, 0.2) is 0 Å². The van der Waals surface area contributed by atoms with Crippen LogP contribution in [0.25, 0.3) is 0 Å². The fourth-order valence-corrected chi connectivity index (χ4v) is 1.24. The van der Waals surface area contributed by atoms with Gasteiger partial charge in [0.25, 0.3) is 0 Å². The summed E-state index contributed by atoms with van der Waals surface area (Å²) in [7, 11) is 0. The largest absolute Gasteiger partial charge is 0.359 e. The van der Waals surface area contributed by atoms with E-state index in [0.717, 1.165) is 0 Å². The van der Waals surface area contributed by atoms with Crippen LogP contribution in [0, 0.1) is 0 Å². The van der Waals surface area contributed by atoms with Crippen molar-refractivity contribution in [1.82, 2.24) is 0 Å². The normalized spacial score (nSPS) is 30.4. The van der Waals surface area contributed by atoms with Gasteiger partial charge in [0.2, 0.25) is 0 Å². The molecule has 11 heavy (non-hydrogen) atoms. The first-order valence-electron chi connectivity index (χ1n) is 3.77. The van der Waals surface area contributed by atoms with Crippen LogP contribution in [0.5, 0.6) is 0 Å². The predicted molar refractivity (Wildman–Crippen MR) is 39.3 cm³/mol. The topological polar surface area (TPSA) is 43.4 Å². The Morgan fingerprint density at radius 3 is 1.64 bits per heavy atom. The molecule has 0 aromatic carbocycles. The Balaban J connectivity index is 2.47. The third-order valence-electron chi connectivity index (χ3n) is 1.93. The van der Waals surface area contributed by atoms with Crippen molar-refractivity contribution >= 4 is 11.6 Å². The molecule has 1 aliphatic heterocycles. The van der Waals surface area contributed by atoms with Gasteiger partial charge in [0, 0.05) is 0 Å². The molecule has 2 atom stereocenters. The second kappa shape index (κ2) is 3.13. The van der Waals surface area contributed by atoms with Crippen LogP contribution in [0.2, 0.25) is 0 Å². The van der Waals surface area contributed by atoms with E-state index in [4.69, 9.17) is 4.74 Å². The van der Waals surface area contributed by atoms with E-state index in [1.807, 2.05) is 0 Å². The van der Waals surface area contributed by atoms with Gasteiger partial charge in [-0.2, -0.15) is 0 Å². The number of Topliss-reactive ketones (excluding diaryl/α,β-unsaturated/α-hetero) is 2. The summed E-state index contributed by atoms with van der Waals surface area (Å²) in [5.74, 6) is 0.0440. The van der Waals surface area contributed by atoms with Gasteiger partial charge in [-0.15, -0.1) is 0 Å². The van der Waals surface area contributed by atoms with Gasteiger partial charge in [-0.1, -0.05) is 0 Å². The van der Waals surface area contributed by atoms with E-state index in [2.05, 4.69) is 0 Å². The average molecular weight is 156 g/mol. The molecule has 1 heterocycles. The Morgan fingerprint density at radius 1 is 1.09 bits per heavy atom. The summed E-state index contributed by atoms with van der Waals surface area (Å²) < 4.78 is 5.19. The highest BCUT2D eigenvalue weighted by Gasteiger charge is 2.30. The van der Waals surface area contributed by atoms with Gasteiger partial charge in [-0.05, 0) is 26.7 Å². The molecule has 1 fully saturated rings. The van der Waals surface area contributed by atoms with Crippen LogP contribution < -0.4 is 0 Å². The highest BCUT2D eigenvalue weighted by molar-refractivity contribution is 5.84. The zero-order valence-corrected chi connectivity index (χ0v) is 6.79. The summed E-state index contributed by atoms with van der Waals surface area (Å²) in [6.07, 6.45) is 0.729. The SMILES string of the molecule is CC(=O)C1CCC(C(C)=O)O1. The fourth-order valence-electron chi connectivity index (χ4n) is 1.24. The van der Waals surface area contributed by atoms with Crippen molar-refractivity contribution < 1.29 is 14.3 Å². The second-order valence-electron chi connectivity index (χ2n) is 2.91. The van der Waals surface area contributed by atoms with Gasteiger partial charge in [0.1, 0.15) is 12.2 Å². The second-order valence-corrected chi connectivity index (χ2v) is 2.91. The van der Waals surface area contributed by atoms with Crippen molar-refractivity contribution in [1.29, 1.82) is 0 Å². The van der Waals surface area contributed by atoms with Crippen molar-refractivity contribution in [2.45, 2.75) is 38.9 Å². The number of carbonyl (C=O) groups excluding carboxylic acids is 2. The number of hydrogen-bond donors (Lipinski definition) is 0. The first-order valence-corrected chi connectivity index (χ1v) is 3.77. The predicted octanol–water partition coefficient (Wildman–Crippen LogP) is 0.712. The van der Waals surface area contributed by atoms with Crippen molar-refractivity contribution in [2.75, 3.05) is 0 Å². The Morgan fingerprint density at radius 2 is 1.45 bits per heavy atom. The van der Waals surface area contributed by atoms with Crippen LogP contribution >= 0.6 is 0 Å². The van der Waals surface area contributed by atoms with Crippen molar-refractivity contribution in [3.05, 3.63) is 0 Å². The van der Waals surface area contributed by atoms with Crippen LogP contribution in [0.3, 0.4) is 0 Å². The van der Waals surface area contributed by atoms with Gasteiger partial charge in [0.15, 0.2) is 11.6 Å². The molecule has 0 N–H and O–H groups in total. The first kappa shape index (κ1) is 8.40. The third-order valence-corrected chi connectivity index (χ3v) is 1.93. The van der Waals surface area contributed by atoms with Gasteiger partial charge in [-0.3, -0.25) is 9.59 Å².